The second-order valence-electron chi connectivity index (χ2n) is 3.20. The third kappa shape index (κ3) is 2.93. The fourth-order valence-electron chi connectivity index (χ4n) is 1.34. The molecule has 1 N–H and O–H groups in total. The molecule has 0 amide bonds. The van der Waals surface area contributed by atoms with Crippen LogP contribution in [0.25, 0.3) is 0 Å². The summed E-state index contributed by atoms with van der Waals surface area (Å²) in [6, 6.07) is 1.72. The predicted octanol–water partition coefficient (Wildman–Crippen LogP) is 1.26. The van der Waals surface area contributed by atoms with E-state index in [0.717, 1.165) is 26.4 Å². The summed E-state index contributed by atoms with van der Waals surface area (Å²) < 4.78 is 4.37. The number of hydrogen-bond donors (Lipinski definition) is 1. The highest BCUT2D eigenvalue weighted by atomic mass is 16.6. The number of carbonyl (C=O) groups excluding carboxylic acids is 1. The highest BCUT2D eigenvalue weighted by molar-refractivity contribution is 5.93. The minimum atomic E-state index is -0.921. The fraction of sp³-hybridized carbons (Fsp3) is 0.222. The van der Waals surface area contributed by atoms with Gasteiger partial charge in [0.05, 0.1) is 29.6 Å². The number of methoxy groups -OCH3 is 1. The number of benzene rings is 1. The number of nitrogens with zero attached hydrogens (tertiary/aromatic N) is 2. The normalized spacial score (nSPS) is 9.79. The van der Waals surface area contributed by atoms with E-state index in [1.807, 2.05) is 0 Å². The van der Waals surface area contributed by atoms with Crippen LogP contribution in [0.15, 0.2) is 12.1 Å². The van der Waals surface area contributed by atoms with Gasteiger partial charge in [-0.2, -0.15) is 0 Å². The van der Waals surface area contributed by atoms with Crippen molar-refractivity contribution in [1.82, 2.24) is 0 Å². The van der Waals surface area contributed by atoms with E-state index < -0.39 is 32.9 Å². The first kappa shape index (κ1) is 14.3. The number of nitro benzene ring substituents is 2. The van der Waals surface area contributed by atoms with Gasteiger partial charge in [-0.25, -0.2) is 4.79 Å². The summed E-state index contributed by atoms with van der Waals surface area (Å²) in [7, 11) is 2.20. The molecule has 0 radical (unpaired) electrons. The third-order valence-electron chi connectivity index (χ3n) is 2.12. The molecule has 0 heterocycles. The van der Waals surface area contributed by atoms with Crippen molar-refractivity contribution >= 4 is 23.0 Å². The smallest absolute Gasteiger partial charge is 0.338 e. The maximum absolute atomic E-state index is 11.3. The van der Waals surface area contributed by atoms with E-state index in [1.54, 1.807) is 0 Å². The van der Waals surface area contributed by atoms with E-state index in [-0.39, 0.29) is 5.56 Å². The molecular formula is C9H9N3O7. The molecule has 1 rings (SSSR count). The lowest BCUT2D eigenvalue weighted by Gasteiger charge is -2.07. The number of ether oxygens (including phenoxy) is 1. The maximum Gasteiger partial charge on any atom is 0.338 e. The quantitative estimate of drug-likeness (QED) is 0.480. The van der Waals surface area contributed by atoms with Crippen molar-refractivity contribution in [3.8, 4) is 0 Å². The van der Waals surface area contributed by atoms with Gasteiger partial charge in [0, 0.05) is 12.1 Å². The molecule has 10 nitrogen and oxygen atoms in total. The minimum absolute atomic E-state index is 0.303. The Morgan fingerprint density at radius 1 is 1.16 bits per heavy atom. The standard InChI is InChI=1S/C9H9N3O7/c1-18-9(13)5-3-6(11(14)15)8(10-19-2)7(4-5)12(16)17/h3-4,10H,1-2H3. The van der Waals surface area contributed by atoms with Crippen LogP contribution in [-0.2, 0) is 9.57 Å². The SMILES string of the molecule is CONc1c([N+](=O)[O-])cc(C(=O)OC)cc1[N+](=O)[O-]. The molecular weight excluding hydrogens is 262 g/mol. The summed E-state index contributed by atoms with van der Waals surface area (Å²) in [5.74, 6) is -0.921. The van der Waals surface area contributed by atoms with E-state index >= 15 is 0 Å². The van der Waals surface area contributed by atoms with Crippen molar-refractivity contribution in [3.05, 3.63) is 37.9 Å². The van der Waals surface area contributed by atoms with Crippen LogP contribution in [0, 0.1) is 20.2 Å². The molecule has 0 saturated heterocycles. The van der Waals surface area contributed by atoms with Crippen LogP contribution < -0.4 is 5.48 Å². The Morgan fingerprint density at radius 2 is 1.63 bits per heavy atom. The molecule has 0 atom stereocenters. The summed E-state index contributed by atoms with van der Waals surface area (Å²) in [5, 5.41) is 21.7. The maximum atomic E-state index is 11.3. The molecule has 0 saturated carbocycles. The van der Waals surface area contributed by atoms with Crippen molar-refractivity contribution in [2.75, 3.05) is 19.7 Å². The zero-order valence-electron chi connectivity index (χ0n) is 9.91. The van der Waals surface area contributed by atoms with Crippen LogP contribution >= 0.6 is 0 Å². The van der Waals surface area contributed by atoms with E-state index in [1.165, 1.54) is 0 Å². The predicted molar refractivity (Wildman–Crippen MR) is 61.7 cm³/mol. The molecule has 1 aromatic carbocycles. The third-order valence-corrected chi connectivity index (χ3v) is 2.12. The highest BCUT2D eigenvalue weighted by Gasteiger charge is 2.29. The number of hydrogen-bond acceptors (Lipinski definition) is 8. The van der Waals surface area contributed by atoms with Crippen molar-refractivity contribution < 1.29 is 24.2 Å². The average Bonchev–Trinajstić information content (AvgIpc) is 2.37. The molecule has 0 aliphatic rings. The van der Waals surface area contributed by atoms with Gasteiger partial charge < -0.3 is 4.74 Å². The van der Waals surface area contributed by atoms with Gasteiger partial charge in [0.2, 0.25) is 5.69 Å². The molecule has 102 valence electrons. The molecule has 0 aliphatic heterocycles. The Balaban J connectivity index is 3.57. The van der Waals surface area contributed by atoms with Crippen LogP contribution in [0.1, 0.15) is 10.4 Å². The summed E-state index contributed by atoms with van der Waals surface area (Å²) >= 11 is 0. The highest BCUT2D eigenvalue weighted by Crippen LogP contribution is 2.35. The average molecular weight is 271 g/mol. The molecule has 0 spiro atoms. The Kier molecular flexibility index (Phi) is 4.32. The van der Waals surface area contributed by atoms with Crippen molar-refractivity contribution in [2.45, 2.75) is 0 Å². The second-order valence-corrected chi connectivity index (χ2v) is 3.20. The zero-order chi connectivity index (χ0) is 14.6. The zero-order valence-corrected chi connectivity index (χ0v) is 9.91. The molecule has 19 heavy (non-hydrogen) atoms. The number of nitro groups is 2. The van der Waals surface area contributed by atoms with Gasteiger partial charge in [-0.15, -0.1) is 0 Å². The summed E-state index contributed by atoms with van der Waals surface area (Å²) in [6.45, 7) is 0. The topological polar surface area (TPSA) is 134 Å². The van der Waals surface area contributed by atoms with Gasteiger partial charge >= 0.3 is 17.3 Å². The van der Waals surface area contributed by atoms with Gasteiger partial charge in [0.1, 0.15) is 0 Å². The Bertz CT molecular complexity index is 508. The Hall–Kier alpha value is -2.75. The first-order valence-electron chi connectivity index (χ1n) is 4.76. The molecule has 0 fully saturated rings. The van der Waals surface area contributed by atoms with E-state index in [4.69, 9.17) is 0 Å². The lowest BCUT2D eigenvalue weighted by atomic mass is 10.1. The van der Waals surface area contributed by atoms with Crippen LogP contribution in [0.5, 0.6) is 0 Å². The van der Waals surface area contributed by atoms with Crippen LogP contribution in [-0.4, -0.2) is 30.0 Å². The minimum Gasteiger partial charge on any atom is -0.465 e. The van der Waals surface area contributed by atoms with Gasteiger partial charge in [0.25, 0.3) is 0 Å². The summed E-state index contributed by atoms with van der Waals surface area (Å²) in [6.07, 6.45) is 0. The molecule has 0 aliphatic carbocycles. The monoisotopic (exact) mass is 271 g/mol. The van der Waals surface area contributed by atoms with E-state index in [9.17, 15) is 25.0 Å². The molecule has 0 aromatic heterocycles. The van der Waals surface area contributed by atoms with E-state index in [0.29, 0.717) is 0 Å². The van der Waals surface area contributed by atoms with E-state index in [2.05, 4.69) is 15.1 Å². The van der Waals surface area contributed by atoms with Crippen molar-refractivity contribution in [2.24, 2.45) is 0 Å². The molecule has 10 heteroatoms. The second kappa shape index (κ2) is 5.73. The largest absolute Gasteiger partial charge is 0.465 e. The molecule has 1 aromatic rings. The van der Waals surface area contributed by atoms with Crippen molar-refractivity contribution in [1.29, 1.82) is 0 Å². The van der Waals surface area contributed by atoms with Crippen LogP contribution in [0.4, 0.5) is 17.1 Å². The van der Waals surface area contributed by atoms with Gasteiger partial charge in [-0.3, -0.25) is 30.5 Å². The summed E-state index contributed by atoms with van der Waals surface area (Å²) in [5.41, 5.74) is -0.0405. The first-order chi connectivity index (χ1) is 8.92. The Labute approximate surface area is 106 Å². The first-order valence-corrected chi connectivity index (χ1v) is 4.76. The number of esters is 1. The van der Waals surface area contributed by atoms with Crippen LogP contribution in [0.2, 0.25) is 0 Å². The van der Waals surface area contributed by atoms with Crippen molar-refractivity contribution in [3.63, 3.8) is 0 Å². The number of carbonyl (C=O) groups is 1. The lowest BCUT2D eigenvalue weighted by molar-refractivity contribution is -0.392. The number of rotatable bonds is 5. The number of nitrogens with one attached hydrogen (secondary N) is 1. The molecule has 0 bridgehead atoms. The number of anilines is 1. The summed E-state index contributed by atoms with van der Waals surface area (Å²) in [4.78, 5) is 35.8. The van der Waals surface area contributed by atoms with Gasteiger partial charge in [-0.05, 0) is 0 Å². The fourth-order valence-corrected chi connectivity index (χ4v) is 1.34. The lowest BCUT2D eigenvalue weighted by Crippen LogP contribution is -2.08. The van der Waals surface area contributed by atoms with Gasteiger partial charge in [-0.1, -0.05) is 0 Å². The van der Waals surface area contributed by atoms with Gasteiger partial charge in [0.15, 0.2) is 0 Å². The van der Waals surface area contributed by atoms with Crippen LogP contribution in [0.3, 0.4) is 0 Å². The Morgan fingerprint density at radius 3 is 1.95 bits per heavy atom. The molecule has 0 unspecified atom stereocenters.